The summed E-state index contributed by atoms with van der Waals surface area (Å²) in [7, 11) is 0. The van der Waals surface area contributed by atoms with E-state index in [1.54, 1.807) is 11.3 Å². The van der Waals surface area contributed by atoms with Gasteiger partial charge < -0.3 is 20.6 Å². The van der Waals surface area contributed by atoms with E-state index in [1.165, 1.54) is 4.90 Å². The minimum absolute atomic E-state index is 0.0655. The van der Waals surface area contributed by atoms with Crippen LogP contribution in [0.4, 0.5) is 0 Å². The summed E-state index contributed by atoms with van der Waals surface area (Å²) < 4.78 is 0. The van der Waals surface area contributed by atoms with E-state index < -0.39 is 23.6 Å². The fraction of sp³-hybridized carbons (Fsp3) is 0.538. The van der Waals surface area contributed by atoms with E-state index in [1.807, 2.05) is 64.4 Å². The number of amides is 3. The van der Waals surface area contributed by atoms with Gasteiger partial charge in [-0.3, -0.25) is 14.4 Å². The molecule has 1 aromatic heterocycles. The van der Waals surface area contributed by atoms with Crippen LogP contribution in [-0.2, 0) is 20.9 Å². The number of aliphatic hydroxyl groups is 1. The van der Waals surface area contributed by atoms with Crippen molar-refractivity contribution in [3.63, 3.8) is 0 Å². The molecule has 0 aliphatic carbocycles. The maximum Gasteiger partial charge on any atom is 0.246 e. The van der Waals surface area contributed by atoms with Crippen molar-refractivity contribution in [3.8, 4) is 10.4 Å². The van der Waals surface area contributed by atoms with E-state index in [0.717, 1.165) is 21.7 Å². The van der Waals surface area contributed by atoms with Crippen LogP contribution in [0.2, 0.25) is 0 Å². The summed E-state index contributed by atoms with van der Waals surface area (Å²) in [5, 5.41) is 16.0. The lowest BCUT2D eigenvalue weighted by Gasteiger charge is -2.35. The number of hydrogen-bond acceptors (Lipinski definition) is 6. The first-order valence-electron chi connectivity index (χ1n) is 12.1. The zero-order valence-corrected chi connectivity index (χ0v) is 21.9. The fourth-order valence-corrected chi connectivity index (χ4v) is 5.05. The Kier molecular flexibility index (Phi) is 8.66. The first-order chi connectivity index (χ1) is 16.5. The minimum atomic E-state index is -0.788. The topological polar surface area (TPSA) is 112 Å². The molecule has 0 radical (unpaired) electrons. The van der Waals surface area contributed by atoms with Crippen molar-refractivity contribution in [2.45, 2.75) is 78.6 Å². The Morgan fingerprint density at radius 3 is 2.49 bits per heavy atom. The molecule has 3 atom stereocenters. The molecule has 1 aliphatic heterocycles. The Balaban J connectivity index is 1.67. The predicted octanol–water partition coefficient (Wildman–Crippen LogP) is 3.03. The molecule has 1 aliphatic rings. The second-order valence-electron chi connectivity index (χ2n) is 10.2. The number of β-amino-alcohol motifs (C(OH)–C–C–N with tert-alkyl or cyclic N) is 1. The summed E-state index contributed by atoms with van der Waals surface area (Å²) in [4.78, 5) is 45.6. The van der Waals surface area contributed by atoms with Crippen molar-refractivity contribution in [1.29, 1.82) is 0 Å². The quantitative estimate of drug-likeness (QED) is 0.516. The first-order valence-corrected chi connectivity index (χ1v) is 12.9. The number of rotatable bonds is 8. The van der Waals surface area contributed by atoms with Gasteiger partial charge in [0.1, 0.15) is 12.1 Å². The number of aryl methyl sites for hydroxylation is 1. The molecule has 2 heterocycles. The van der Waals surface area contributed by atoms with Gasteiger partial charge in [0.2, 0.25) is 17.7 Å². The van der Waals surface area contributed by atoms with Crippen molar-refractivity contribution in [2.24, 2.45) is 5.41 Å². The van der Waals surface area contributed by atoms with Crippen LogP contribution in [-0.4, -0.2) is 57.4 Å². The maximum atomic E-state index is 13.5. The number of hydrogen-bond donors (Lipinski definition) is 3. The van der Waals surface area contributed by atoms with Crippen LogP contribution < -0.4 is 10.6 Å². The zero-order chi connectivity index (χ0) is 25.8. The highest BCUT2D eigenvalue weighted by Crippen LogP contribution is 2.28. The van der Waals surface area contributed by atoms with Crippen LogP contribution in [0.15, 0.2) is 29.8 Å². The molecule has 1 aromatic carbocycles. The van der Waals surface area contributed by atoms with Gasteiger partial charge in [-0.25, -0.2) is 4.98 Å². The summed E-state index contributed by atoms with van der Waals surface area (Å²) >= 11 is 1.59. The number of nitrogens with one attached hydrogen (secondary N) is 2. The molecule has 0 saturated carbocycles. The molecule has 1 saturated heterocycles. The molecular formula is C26H36N4O4S. The Morgan fingerprint density at radius 1 is 1.23 bits per heavy atom. The Morgan fingerprint density at radius 2 is 1.91 bits per heavy atom. The van der Waals surface area contributed by atoms with Gasteiger partial charge in [-0.05, 0) is 29.9 Å². The lowest BCUT2D eigenvalue weighted by molar-refractivity contribution is -0.144. The standard InChI is InChI=1S/C26H36N4O4S/c1-6-7-21(32)29-23(26(3,4)5)25(34)30-14-19(31)12-20(30)24(33)27-13-17-8-10-18(11-9-17)22-16(2)28-15-35-22/h8-11,15,19-20,23,31H,6-7,12-14H2,1-5H3,(H,27,33)(H,29,32). The molecular weight excluding hydrogens is 464 g/mol. The van der Waals surface area contributed by atoms with Gasteiger partial charge in [-0.1, -0.05) is 52.0 Å². The van der Waals surface area contributed by atoms with Crippen molar-refractivity contribution in [2.75, 3.05) is 6.54 Å². The van der Waals surface area contributed by atoms with E-state index in [2.05, 4.69) is 15.6 Å². The summed E-state index contributed by atoms with van der Waals surface area (Å²) in [6, 6.07) is 6.35. The number of aliphatic hydroxyl groups excluding tert-OH is 1. The molecule has 8 nitrogen and oxygen atoms in total. The normalized spacial score (nSPS) is 18.9. The molecule has 35 heavy (non-hydrogen) atoms. The zero-order valence-electron chi connectivity index (χ0n) is 21.1. The highest BCUT2D eigenvalue weighted by Gasteiger charge is 2.44. The first kappa shape index (κ1) is 26.8. The van der Waals surface area contributed by atoms with Crippen LogP contribution in [0.25, 0.3) is 10.4 Å². The number of benzene rings is 1. The van der Waals surface area contributed by atoms with Gasteiger partial charge in [0.05, 0.1) is 22.2 Å². The van der Waals surface area contributed by atoms with Gasteiger partial charge in [-0.15, -0.1) is 11.3 Å². The molecule has 1 fully saturated rings. The van der Waals surface area contributed by atoms with Crippen molar-refractivity contribution < 1.29 is 19.5 Å². The maximum absolute atomic E-state index is 13.5. The SMILES string of the molecule is CCCC(=O)NC(C(=O)N1CC(O)CC1C(=O)NCc1ccc(-c2scnc2C)cc1)C(C)(C)C. The van der Waals surface area contributed by atoms with Crippen LogP contribution in [0.3, 0.4) is 0 Å². The molecule has 0 spiro atoms. The predicted molar refractivity (Wildman–Crippen MR) is 137 cm³/mol. The third-order valence-electron chi connectivity index (χ3n) is 6.19. The highest BCUT2D eigenvalue weighted by molar-refractivity contribution is 7.13. The summed E-state index contributed by atoms with van der Waals surface area (Å²) in [5.41, 5.74) is 4.27. The van der Waals surface area contributed by atoms with Crippen LogP contribution in [0.5, 0.6) is 0 Å². The van der Waals surface area contributed by atoms with Gasteiger partial charge in [0, 0.05) is 25.9 Å². The van der Waals surface area contributed by atoms with Gasteiger partial charge in [0.15, 0.2) is 0 Å². The van der Waals surface area contributed by atoms with E-state index in [4.69, 9.17) is 0 Å². The van der Waals surface area contributed by atoms with E-state index in [9.17, 15) is 19.5 Å². The highest BCUT2D eigenvalue weighted by atomic mass is 32.1. The van der Waals surface area contributed by atoms with Gasteiger partial charge in [-0.2, -0.15) is 0 Å². The van der Waals surface area contributed by atoms with Crippen molar-refractivity contribution in [1.82, 2.24) is 20.5 Å². The summed E-state index contributed by atoms with van der Waals surface area (Å²) in [6.07, 6.45) is 0.382. The number of thiazole rings is 1. The van der Waals surface area contributed by atoms with Crippen LogP contribution >= 0.6 is 11.3 Å². The minimum Gasteiger partial charge on any atom is -0.391 e. The van der Waals surface area contributed by atoms with Crippen LogP contribution in [0.1, 0.15) is 58.2 Å². The average molecular weight is 501 g/mol. The number of carbonyl (C=O) groups excluding carboxylic acids is 3. The Bertz CT molecular complexity index is 1040. The molecule has 3 unspecified atom stereocenters. The Labute approximate surface area is 211 Å². The summed E-state index contributed by atoms with van der Waals surface area (Å²) in [5.74, 6) is -0.855. The number of aromatic nitrogens is 1. The second-order valence-corrected chi connectivity index (χ2v) is 11.0. The molecule has 0 bridgehead atoms. The van der Waals surface area contributed by atoms with E-state index in [0.29, 0.717) is 19.4 Å². The second kappa shape index (κ2) is 11.3. The van der Waals surface area contributed by atoms with Crippen LogP contribution in [0, 0.1) is 12.3 Å². The van der Waals surface area contributed by atoms with Gasteiger partial charge in [0.25, 0.3) is 0 Å². The summed E-state index contributed by atoms with van der Waals surface area (Å²) in [6.45, 7) is 9.88. The smallest absolute Gasteiger partial charge is 0.246 e. The lowest BCUT2D eigenvalue weighted by Crippen LogP contribution is -2.57. The van der Waals surface area contributed by atoms with Crippen molar-refractivity contribution in [3.05, 3.63) is 41.0 Å². The monoisotopic (exact) mass is 500 g/mol. The number of carbonyl (C=O) groups is 3. The average Bonchev–Trinajstić information content (AvgIpc) is 3.40. The molecule has 9 heteroatoms. The number of nitrogens with zero attached hydrogens (tertiary/aromatic N) is 2. The molecule has 190 valence electrons. The molecule has 3 rings (SSSR count). The lowest BCUT2D eigenvalue weighted by atomic mass is 9.85. The number of likely N-dealkylation sites (tertiary alicyclic amines) is 1. The van der Waals surface area contributed by atoms with E-state index in [-0.39, 0.29) is 30.7 Å². The Hall–Kier alpha value is -2.78. The van der Waals surface area contributed by atoms with E-state index >= 15 is 0 Å². The van der Waals surface area contributed by atoms with Gasteiger partial charge >= 0.3 is 0 Å². The third-order valence-corrected chi connectivity index (χ3v) is 7.17. The molecule has 3 N–H and O–H groups in total. The largest absolute Gasteiger partial charge is 0.391 e. The molecule has 2 aromatic rings. The van der Waals surface area contributed by atoms with Crippen molar-refractivity contribution >= 4 is 29.1 Å². The fourth-order valence-electron chi connectivity index (χ4n) is 4.24. The molecule has 3 amide bonds. The third kappa shape index (κ3) is 6.67.